The molecule has 6 heterocycles. The van der Waals surface area contributed by atoms with Gasteiger partial charge in [0.05, 0.1) is 35.9 Å². The van der Waals surface area contributed by atoms with Gasteiger partial charge in [0.25, 0.3) is 5.91 Å². The van der Waals surface area contributed by atoms with E-state index in [1.54, 1.807) is 17.0 Å². The molecule has 2 aliphatic heterocycles. The lowest BCUT2D eigenvalue weighted by atomic mass is 9.90. The van der Waals surface area contributed by atoms with Gasteiger partial charge in [-0.1, -0.05) is 0 Å². The molecule has 1 saturated carbocycles. The van der Waals surface area contributed by atoms with Gasteiger partial charge in [-0.25, -0.2) is 14.5 Å². The van der Waals surface area contributed by atoms with Gasteiger partial charge < -0.3 is 25.1 Å². The molecule has 3 aliphatic rings. The van der Waals surface area contributed by atoms with E-state index in [-0.39, 0.29) is 11.9 Å². The number of anilines is 1. The fraction of sp³-hybridized carbons (Fsp3) is 0.517. The zero-order chi connectivity index (χ0) is 26.9. The Morgan fingerprint density at radius 1 is 0.975 bits per heavy atom. The van der Waals surface area contributed by atoms with Crippen molar-refractivity contribution in [3.63, 3.8) is 0 Å². The maximum atomic E-state index is 13.1. The van der Waals surface area contributed by atoms with Crippen molar-refractivity contribution >= 4 is 28.3 Å². The van der Waals surface area contributed by atoms with E-state index in [9.17, 15) is 4.79 Å². The van der Waals surface area contributed by atoms with Crippen LogP contribution < -0.4 is 10.6 Å². The summed E-state index contributed by atoms with van der Waals surface area (Å²) in [6, 6.07) is 5.19. The maximum absolute atomic E-state index is 13.1. The average Bonchev–Trinajstić information content (AvgIpc) is 3.63. The molecule has 0 radical (unpaired) electrons. The van der Waals surface area contributed by atoms with Crippen LogP contribution in [0.3, 0.4) is 0 Å². The molecule has 4 aromatic rings. The number of ether oxygens (including phenoxy) is 2. The molecule has 0 aromatic carbocycles. The number of rotatable bonds is 6. The van der Waals surface area contributed by atoms with E-state index in [0.717, 1.165) is 85.5 Å². The third-order valence-electron chi connectivity index (χ3n) is 8.70. The number of aromatic nitrogens is 5. The number of amides is 1. The normalized spacial score (nSPS) is 23.0. The molecule has 3 fully saturated rings. The third kappa shape index (κ3) is 5.04. The molecule has 1 amide bonds. The van der Waals surface area contributed by atoms with Crippen molar-refractivity contribution in [2.45, 2.75) is 56.7 Å². The van der Waals surface area contributed by atoms with Gasteiger partial charge in [0.2, 0.25) is 0 Å². The van der Waals surface area contributed by atoms with Crippen molar-refractivity contribution < 1.29 is 14.3 Å². The Hall–Kier alpha value is -3.54. The number of morpholine rings is 1. The molecule has 3 N–H and O–H groups in total. The smallest absolute Gasteiger partial charge is 0.255 e. The Morgan fingerprint density at radius 2 is 1.77 bits per heavy atom. The van der Waals surface area contributed by atoms with E-state index < -0.39 is 0 Å². The highest BCUT2D eigenvalue weighted by atomic mass is 16.5. The van der Waals surface area contributed by atoms with E-state index in [0.29, 0.717) is 30.9 Å². The van der Waals surface area contributed by atoms with Crippen LogP contribution in [0, 0.1) is 0 Å². The van der Waals surface area contributed by atoms with E-state index in [1.807, 2.05) is 24.5 Å². The fourth-order valence-corrected chi connectivity index (χ4v) is 6.45. The van der Waals surface area contributed by atoms with Crippen molar-refractivity contribution in [3.8, 4) is 11.1 Å². The van der Waals surface area contributed by atoms with Crippen molar-refractivity contribution in [1.29, 1.82) is 0 Å². The number of carbonyl (C=O) groups excluding carboxylic acids is 1. The molecule has 210 valence electrons. The monoisotopic (exact) mass is 544 g/mol. The van der Waals surface area contributed by atoms with Crippen LogP contribution in [-0.4, -0.2) is 93.0 Å². The topological polar surface area (TPSA) is 122 Å². The molecule has 2 saturated heterocycles. The van der Waals surface area contributed by atoms with Crippen LogP contribution in [0.15, 0.2) is 37.1 Å². The summed E-state index contributed by atoms with van der Waals surface area (Å²) in [4.78, 5) is 28.2. The number of carbonyl (C=O) groups is 1. The fourth-order valence-electron chi connectivity index (χ4n) is 6.45. The van der Waals surface area contributed by atoms with Crippen LogP contribution in [0.25, 0.3) is 27.7 Å². The zero-order valence-electron chi connectivity index (χ0n) is 22.6. The summed E-state index contributed by atoms with van der Waals surface area (Å²) in [5, 5.41) is 12.3. The molecule has 40 heavy (non-hydrogen) atoms. The first-order chi connectivity index (χ1) is 19.7. The molecule has 11 heteroatoms. The first-order valence-electron chi connectivity index (χ1n) is 14.5. The Labute approximate surface area is 232 Å². The quantitative estimate of drug-likeness (QED) is 0.338. The third-order valence-corrected chi connectivity index (χ3v) is 8.70. The average molecular weight is 545 g/mol. The van der Waals surface area contributed by atoms with E-state index in [2.05, 4.69) is 35.6 Å². The Bertz CT molecular complexity index is 1480. The van der Waals surface area contributed by atoms with E-state index >= 15 is 0 Å². The minimum absolute atomic E-state index is 0.101. The number of hydrogen-bond donors (Lipinski definition) is 3. The second kappa shape index (κ2) is 11.1. The second-order valence-corrected chi connectivity index (χ2v) is 11.1. The van der Waals surface area contributed by atoms with Crippen LogP contribution in [0.1, 0.15) is 48.9 Å². The first kappa shape index (κ1) is 25.4. The van der Waals surface area contributed by atoms with Crippen LogP contribution in [0.5, 0.6) is 0 Å². The number of hydrogen-bond acceptors (Lipinski definition) is 8. The summed E-state index contributed by atoms with van der Waals surface area (Å²) in [6.07, 6.45) is 13.4. The Kier molecular flexibility index (Phi) is 7.09. The summed E-state index contributed by atoms with van der Waals surface area (Å²) < 4.78 is 12.7. The Balaban J connectivity index is 1.12. The van der Waals surface area contributed by atoms with Crippen LogP contribution >= 0.6 is 0 Å². The zero-order valence-corrected chi connectivity index (χ0v) is 22.6. The lowest BCUT2D eigenvalue weighted by Crippen LogP contribution is -2.46. The Morgan fingerprint density at radius 3 is 2.60 bits per heavy atom. The summed E-state index contributed by atoms with van der Waals surface area (Å²) >= 11 is 0. The van der Waals surface area contributed by atoms with E-state index in [1.165, 1.54) is 12.8 Å². The SMILES string of the molecule is O=C(NC1CCOCC1)c1cnn2ccc(-c3c[nH]c4ncnc(N[C@H]5CC[C@H](N6CCOCC6)CC5)c34)cc12. The molecule has 0 unspecified atom stereocenters. The molecule has 1 aliphatic carbocycles. The van der Waals surface area contributed by atoms with Gasteiger partial charge >= 0.3 is 0 Å². The lowest BCUT2D eigenvalue weighted by Gasteiger charge is -2.39. The van der Waals surface area contributed by atoms with Crippen LogP contribution in [0.4, 0.5) is 5.82 Å². The summed E-state index contributed by atoms with van der Waals surface area (Å²) in [5.74, 6) is 0.748. The molecule has 4 aromatic heterocycles. The first-order valence-corrected chi connectivity index (χ1v) is 14.5. The molecule has 7 rings (SSSR count). The second-order valence-electron chi connectivity index (χ2n) is 11.1. The summed E-state index contributed by atoms with van der Waals surface area (Å²) in [7, 11) is 0. The highest BCUT2D eigenvalue weighted by Gasteiger charge is 2.28. The minimum Gasteiger partial charge on any atom is -0.381 e. The standard InChI is InChI=1S/C29H36N8O3/c38-29(35-21-6-11-39-12-7-21)24-17-33-37-8-5-19(15-25(24)37)23-16-30-27-26(23)28(32-18-31-27)34-20-1-3-22(4-2-20)36-9-13-40-14-10-36/h5,8,15-18,20-22H,1-4,6-7,9-14H2,(H,35,38)(H2,30,31,32,34)/t20-,22-. The maximum Gasteiger partial charge on any atom is 0.255 e. The van der Waals surface area contributed by atoms with Gasteiger partial charge in [-0.15, -0.1) is 0 Å². The van der Waals surface area contributed by atoms with Crippen LogP contribution in [-0.2, 0) is 9.47 Å². The molecule has 0 bridgehead atoms. The predicted molar refractivity (Wildman–Crippen MR) is 151 cm³/mol. The number of fused-ring (bicyclic) bond motifs is 2. The number of aromatic amines is 1. The van der Waals surface area contributed by atoms with Crippen molar-refractivity contribution in [2.75, 3.05) is 44.8 Å². The highest BCUT2D eigenvalue weighted by molar-refractivity contribution is 6.04. The van der Waals surface area contributed by atoms with Gasteiger partial charge in [-0.3, -0.25) is 9.69 Å². The van der Waals surface area contributed by atoms with Crippen LogP contribution in [0.2, 0.25) is 0 Å². The van der Waals surface area contributed by atoms with Crippen molar-refractivity contribution in [3.05, 3.63) is 42.6 Å². The van der Waals surface area contributed by atoms with Crippen molar-refractivity contribution in [2.24, 2.45) is 0 Å². The predicted octanol–water partition coefficient (Wildman–Crippen LogP) is 3.24. The molecule has 0 spiro atoms. The highest BCUT2D eigenvalue weighted by Crippen LogP contribution is 2.34. The van der Waals surface area contributed by atoms with Gasteiger partial charge in [-0.05, 0) is 56.2 Å². The number of pyridine rings is 1. The summed E-state index contributed by atoms with van der Waals surface area (Å²) in [5.41, 5.74) is 4.11. The van der Waals surface area contributed by atoms with E-state index in [4.69, 9.17) is 9.47 Å². The van der Waals surface area contributed by atoms with Crippen molar-refractivity contribution in [1.82, 2.24) is 34.8 Å². The number of nitrogens with zero attached hydrogens (tertiary/aromatic N) is 5. The molecular weight excluding hydrogens is 508 g/mol. The van der Waals surface area contributed by atoms with Gasteiger partial charge in [0.1, 0.15) is 17.8 Å². The van der Waals surface area contributed by atoms with Gasteiger partial charge in [0.15, 0.2) is 0 Å². The molecular formula is C29H36N8O3. The molecule has 0 atom stereocenters. The largest absolute Gasteiger partial charge is 0.381 e. The number of nitrogens with one attached hydrogen (secondary N) is 3. The molecule has 11 nitrogen and oxygen atoms in total. The van der Waals surface area contributed by atoms with Gasteiger partial charge in [-0.2, -0.15) is 5.10 Å². The minimum atomic E-state index is -0.101. The number of H-pyrrole nitrogens is 1. The summed E-state index contributed by atoms with van der Waals surface area (Å²) in [6.45, 7) is 5.14. The lowest BCUT2D eigenvalue weighted by molar-refractivity contribution is 0.00791. The van der Waals surface area contributed by atoms with Gasteiger partial charge in [0, 0.05) is 62.4 Å².